The lowest BCUT2D eigenvalue weighted by Crippen LogP contribution is -2.14. The summed E-state index contributed by atoms with van der Waals surface area (Å²) in [4.78, 5) is 15.8. The number of carbonyl (C=O) groups excluding carboxylic acids is 1. The number of nitrogens with zero attached hydrogens (tertiary/aromatic N) is 1. The third-order valence-electron chi connectivity index (χ3n) is 4.24. The smallest absolute Gasteiger partial charge is 0.266 e. The molecule has 2 N–H and O–H groups in total. The van der Waals surface area contributed by atoms with Crippen molar-refractivity contribution in [1.29, 1.82) is 5.26 Å². The Morgan fingerprint density at radius 3 is 2.68 bits per heavy atom. The van der Waals surface area contributed by atoms with E-state index in [-0.39, 0.29) is 5.57 Å². The van der Waals surface area contributed by atoms with Gasteiger partial charge in [-0.05, 0) is 50.1 Å². The number of nitriles is 1. The first-order valence-electron chi connectivity index (χ1n) is 8.07. The fourth-order valence-corrected chi connectivity index (χ4v) is 2.84. The predicted molar refractivity (Wildman–Crippen MR) is 101 cm³/mol. The highest BCUT2D eigenvalue weighted by atomic mass is 16.1. The highest BCUT2D eigenvalue weighted by Gasteiger charge is 2.13. The van der Waals surface area contributed by atoms with Gasteiger partial charge in [0, 0.05) is 27.8 Å². The molecule has 25 heavy (non-hydrogen) atoms. The molecule has 0 fully saturated rings. The molecule has 0 saturated carbocycles. The zero-order chi connectivity index (χ0) is 18.0. The van der Waals surface area contributed by atoms with Crippen LogP contribution in [0.2, 0.25) is 0 Å². The van der Waals surface area contributed by atoms with Crippen LogP contribution in [0.15, 0.2) is 48.0 Å². The summed E-state index contributed by atoms with van der Waals surface area (Å²) in [6.45, 7) is 5.82. The Labute approximate surface area is 146 Å². The van der Waals surface area contributed by atoms with Gasteiger partial charge in [0.15, 0.2) is 0 Å². The number of para-hydroxylation sites is 1. The molecule has 0 radical (unpaired) electrons. The molecule has 0 aliphatic rings. The van der Waals surface area contributed by atoms with E-state index < -0.39 is 5.91 Å². The van der Waals surface area contributed by atoms with Crippen LogP contribution in [0, 0.1) is 32.1 Å². The van der Waals surface area contributed by atoms with Crippen LogP contribution in [0.4, 0.5) is 5.69 Å². The second-order valence-electron chi connectivity index (χ2n) is 6.15. The molecule has 0 aliphatic heterocycles. The molecular weight excluding hydrogens is 310 g/mol. The number of benzene rings is 2. The lowest BCUT2D eigenvalue weighted by atomic mass is 10.1. The number of hydrogen-bond donors (Lipinski definition) is 2. The minimum atomic E-state index is -0.402. The minimum Gasteiger partial charge on any atom is -0.358 e. The lowest BCUT2D eigenvalue weighted by Gasteiger charge is -2.08. The van der Waals surface area contributed by atoms with E-state index in [1.807, 2.05) is 69.3 Å². The van der Waals surface area contributed by atoms with Gasteiger partial charge in [-0.15, -0.1) is 0 Å². The molecular formula is C21H19N3O. The highest BCUT2D eigenvalue weighted by molar-refractivity contribution is 6.11. The van der Waals surface area contributed by atoms with Crippen molar-refractivity contribution in [3.05, 3.63) is 70.4 Å². The molecule has 0 bridgehead atoms. The van der Waals surface area contributed by atoms with Gasteiger partial charge in [0.25, 0.3) is 5.91 Å². The van der Waals surface area contributed by atoms with E-state index in [0.29, 0.717) is 0 Å². The number of amides is 1. The van der Waals surface area contributed by atoms with E-state index in [0.717, 1.165) is 39.0 Å². The fraction of sp³-hybridized carbons (Fsp3) is 0.143. The van der Waals surface area contributed by atoms with Crippen LogP contribution >= 0.6 is 0 Å². The Morgan fingerprint density at radius 2 is 1.92 bits per heavy atom. The van der Waals surface area contributed by atoms with E-state index in [4.69, 9.17) is 0 Å². The van der Waals surface area contributed by atoms with E-state index in [1.165, 1.54) is 0 Å². The molecule has 3 rings (SSSR count). The average Bonchev–Trinajstić information content (AvgIpc) is 2.91. The molecule has 124 valence electrons. The summed E-state index contributed by atoms with van der Waals surface area (Å²) < 4.78 is 0. The molecule has 2 aromatic carbocycles. The van der Waals surface area contributed by atoms with Crippen molar-refractivity contribution in [3.63, 3.8) is 0 Å². The normalized spacial score (nSPS) is 11.4. The van der Waals surface area contributed by atoms with Gasteiger partial charge in [-0.2, -0.15) is 5.26 Å². The number of rotatable bonds is 3. The van der Waals surface area contributed by atoms with E-state index >= 15 is 0 Å². The predicted octanol–water partition coefficient (Wildman–Crippen LogP) is 4.64. The van der Waals surface area contributed by atoms with Crippen LogP contribution in [0.1, 0.15) is 22.4 Å². The van der Waals surface area contributed by atoms with Gasteiger partial charge < -0.3 is 10.3 Å². The van der Waals surface area contributed by atoms with Crippen molar-refractivity contribution >= 4 is 28.6 Å². The van der Waals surface area contributed by atoms with Crippen LogP contribution in [0.25, 0.3) is 17.0 Å². The van der Waals surface area contributed by atoms with Gasteiger partial charge in [0.1, 0.15) is 11.6 Å². The number of aryl methyl sites for hydroxylation is 3. The van der Waals surface area contributed by atoms with Gasteiger partial charge in [0.2, 0.25) is 0 Å². The Kier molecular flexibility index (Phi) is 4.40. The van der Waals surface area contributed by atoms with Crippen LogP contribution < -0.4 is 5.32 Å². The van der Waals surface area contributed by atoms with E-state index in [2.05, 4.69) is 10.3 Å². The molecule has 0 spiro atoms. The van der Waals surface area contributed by atoms with Gasteiger partial charge in [-0.25, -0.2) is 0 Å². The maximum Gasteiger partial charge on any atom is 0.266 e. The average molecular weight is 329 g/mol. The Bertz CT molecular complexity index is 1030. The van der Waals surface area contributed by atoms with E-state index in [9.17, 15) is 10.1 Å². The summed E-state index contributed by atoms with van der Waals surface area (Å²) in [5.74, 6) is -0.402. The molecule has 1 amide bonds. The van der Waals surface area contributed by atoms with Crippen molar-refractivity contribution in [2.75, 3.05) is 5.32 Å². The molecule has 1 aromatic heterocycles. The van der Waals surface area contributed by atoms with Crippen LogP contribution in [-0.2, 0) is 4.79 Å². The second kappa shape index (κ2) is 6.66. The molecule has 0 aliphatic carbocycles. The van der Waals surface area contributed by atoms with Crippen LogP contribution in [0.5, 0.6) is 0 Å². The number of nitrogens with one attached hydrogen (secondary N) is 2. The van der Waals surface area contributed by atoms with E-state index in [1.54, 1.807) is 6.08 Å². The summed E-state index contributed by atoms with van der Waals surface area (Å²) in [7, 11) is 0. The first-order chi connectivity index (χ1) is 12.0. The first-order valence-corrected chi connectivity index (χ1v) is 8.07. The minimum absolute atomic E-state index is 0.0776. The Balaban J connectivity index is 1.97. The Morgan fingerprint density at radius 1 is 1.16 bits per heavy atom. The van der Waals surface area contributed by atoms with Crippen molar-refractivity contribution in [2.45, 2.75) is 20.8 Å². The molecule has 1 heterocycles. The summed E-state index contributed by atoms with van der Waals surface area (Å²) in [5, 5.41) is 13.3. The number of hydrogen-bond acceptors (Lipinski definition) is 2. The molecule has 4 nitrogen and oxygen atoms in total. The zero-order valence-corrected chi connectivity index (χ0v) is 14.5. The van der Waals surface area contributed by atoms with Crippen LogP contribution in [-0.4, -0.2) is 10.9 Å². The van der Waals surface area contributed by atoms with Crippen molar-refractivity contribution in [2.24, 2.45) is 0 Å². The standard InChI is InChI=1S/C21H19N3O/c1-13-8-9-14(2)20(10-13)24-21(25)16(12-22)11-18-15(3)23-19-7-5-4-6-17(18)19/h4-11,23H,1-3H3,(H,24,25)/b16-11-. The topological polar surface area (TPSA) is 68.7 Å². The molecule has 4 heteroatoms. The summed E-state index contributed by atoms with van der Waals surface area (Å²) >= 11 is 0. The van der Waals surface area contributed by atoms with Crippen molar-refractivity contribution in [3.8, 4) is 6.07 Å². The second-order valence-corrected chi connectivity index (χ2v) is 6.15. The lowest BCUT2D eigenvalue weighted by molar-refractivity contribution is -0.112. The molecule has 0 atom stereocenters. The monoisotopic (exact) mass is 329 g/mol. The number of aromatic amines is 1. The maximum absolute atomic E-state index is 12.6. The molecule has 3 aromatic rings. The van der Waals surface area contributed by atoms with Gasteiger partial charge in [-0.1, -0.05) is 30.3 Å². The maximum atomic E-state index is 12.6. The first kappa shape index (κ1) is 16.5. The fourth-order valence-electron chi connectivity index (χ4n) is 2.84. The summed E-state index contributed by atoms with van der Waals surface area (Å²) in [6, 6.07) is 15.7. The highest BCUT2D eigenvalue weighted by Crippen LogP contribution is 2.25. The molecule has 0 saturated heterocycles. The van der Waals surface area contributed by atoms with Crippen molar-refractivity contribution in [1.82, 2.24) is 4.98 Å². The number of H-pyrrole nitrogens is 1. The largest absolute Gasteiger partial charge is 0.358 e. The number of carbonyl (C=O) groups is 1. The number of anilines is 1. The zero-order valence-electron chi connectivity index (χ0n) is 14.5. The summed E-state index contributed by atoms with van der Waals surface area (Å²) in [6.07, 6.45) is 1.65. The third-order valence-corrected chi connectivity index (χ3v) is 4.24. The van der Waals surface area contributed by atoms with Gasteiger partial charge in [-0.3, -0.25) is 4.79 Å². The van der Waals surface area contributed by atoms with Gasteiger partial charge >= 0.3 is 0 Å². The number of fused-ring (bicyclic) bond motifs is 1. The van der Waals surface area contributed by atoms with Gasteiger partial charge in [0.05, 0.1) is 0 Å². The summed E-state index contributed by atoms with van der Waals surface area (Å²) in [5.41, 5.74) is 5.58. The quantitative estimate of drug-likeness (QED) is 0.543. The Hall–Kier alpha value is -3.32. The SMILES string of the molecule is Cc1ccc(C)c(NC(=O)/C(C#N)=C\c2c(C)[nH]c3ccccc23)c1. The van der Waals surface area contributed by atoms with Crippen molar-refractivity contribution < 1.29 is 4.79 Å². The van der Waals surface area contributed by atoms with Crippen LogP contribution in [0.3, 0.4) is 0 Å². The number of aromatic nitrogens is 1. The third kappa shape index (κ3) is 3.31. The molecule has 0 unspecified atom stereocenters.